The van der Waals surface area contributed by atoms with Crippen LogP contribution in [-0.2, 0) is 6.54 Å². The first kappa shape index (κ1) is 12.4. The van der Waals surface area contributed by atoms with Crippen LogP contribution in [-0.4, -0.2) is 5.24 Å². The fourth-order valence-corrected chi connectivity index (χ4v) is 0.697. The Hall–Kier alpha value is -1.65. The maximum Gasteiger partial charge on any atom is 0.273 e. The molecule has 0 saturated heterocycles. The van der Waals surface area contributed by atoms with Crippen molar-refractivity contribution in [2.45, 2.75) is 6.54 Å². The summed E-state index contributed by atoms with van der Waals surface area (Å²) in [4.78, 5) is 11.7. The van der Waals surface area contributed by atoms with Crippen molar-refractivity contribution in [3.8, 4) is 0 Å². The number of nitrogens with zero attached hydrogens (tertiary/aromatic N) is 3. The number of azide groups is 1. The zero-order valence-electron chi connectivity index (χ0n) is 7.37. The highest BCUT2D eigenvalue weighted by molar-refractivity contribution is 7.96. The van der Waals surface area contributed by atoms with Gasteiger partial charge in [0.15, 0.2) is 0 Å². The minimum Gasteiger partial charge on any atom is -0.361 e. The fraction of sp³-hybridized carbons (Fsp3) is 0.125. The molecule has 74 valence electrons. The molecule has 1 rings (SSSR count). The van der Waals surface area contributed by atoms with Crippen LogP contribution in [0.5, 0.6) is 0 Å². The fourth-order valence-electron chi connectivity index (χ4n) is 0.697. The normalized spacial score (nSPS) is 7.79. The lowest BCUT2D eigenvalue weighted by Crippen LogP contribution is -1.95. The summed E-state index contributed by atoms with van der Waals surface area (Å²) in [6.07, 6.45) is 0. The lowest BCUT2D eigenvalue weighted by Gasteiger charge is -1.90. The van der Waals surface area contributed by atoms with Crippen LogP contribution in [0.2, 0.25) is 0 Å². The minimum absolute atomic E-state index is 0.442. The van der Waals surface area contributed by atoms with E-state index in [9.17, 15) is 0 Å². The zero-order valence-corrected chi connectivity index (χ0v) is 8.26. The number of carbonyl (C=O) groups is 1. The number of primary amides is 1. The molecule has 0 bridgehead atoms. The first-order chi connectivity index (χ1) is 6.66. The van der Waals surface area contributed by atoms with Crippen LogP contribution in [0.4, 0.5) is 4.79 Å². The largest absolute Gasteiger partial charge is 0.361 e. The molecular weight excluding hydrogens is 200 g/mol. The maximum absolute atomic E-state index is 9.09. The van der Waals surface area contributed by atoms with E-state index in [0.29, 0.717) is 6.54 Å². The Kier molecular flexibility index (Phi) is 7.03. The maximum atomic E-state index is 9.09. The van der Waals surface area contributed by atoms with Gasteiger partial charge in [0.2, 0.25) is 0 Å². The zero-order chi connectivity index (χ0) is 10.8. The molecule has 0 aliphatic heterocycles. The average Bonchev–Trinajstić information content (AvgIpc) is 2.15. The summed E-state index contributed by atoms with van der Waals surface area (Å²) < 4.78 is 0. The van der Waals surface area contributed by atoms with E-state index in [0.717, 1.165) is 5.56 Å². The molecule has 0 aliphatic rings. The van der Waals surface area contributed by atoms with E-state index < -0.39 is 5.24 Å². The van der Waals surface area contributed by atoms with E-state index >= 15 is 0 Å². The molecule has 0 saturated carbocycles. The van der Waals surface area contributed by atoms with Gasteiger partial charge in [0.1, 0.15) is 0 Å². The summed E-state index contributed by atoms with van der Waals surface area (Å²) in [5.41, 5.74) is 13.4. The molecule has 1 aromatic carbocycles. The molecule has 0 aromatic heterocycles. The molecule has 1 aromatic rings. The van der Waals surface area contributed by atoms with Gasteiger partial charge in [-0.2, -0.15) is 0 Å². The van der Waals surface area contributed by atoms with Gasteiger partial charge in [-0.05, 0) is 11.1 Å². The SMILES string of the molecule is NC(=O)S.[N-]=[N+]=NCc1ccccc1. The van der Waals surface area contributed by atoms with E-state index in [1.54, 1.807) is 0 Å². The van der Waals surface area contributed by atoms with Gasteiger partial charge in [-0.1, -0.05) is 48.1 Å². The van der Waals surface area contributed by atoms with E-state index in [4.69, 9.17) is 10.3 Å². The molecule has 0 aliphatic carbocycles. The number of carbonyl (C=O) groups excluding carboxylic acids is 1. The lowest BCUT2D eigenvalue weighted by molar-refractivity contribution is 0.267. The second-order valence-corrected chi connectivity index (χ2v) is 2.65. The number of nitrogens with two attached hydrogens (primary N) is 1. The molecule has 6 heteroatoms. The van der Waals surface area contributed by atoms with Gasteiger partial charge >= 0.3 is 0 Å². The van der Waals surface area contributed by atoms with E-state index in [1.165, 1.54) is 0 Å². The highest BCUT2D eigenvalue weighted by atomic mass is 32.1. The van der Waals surface area contributed by atoms with Crippen LogP contribution in [0.1, 0.15) is 5.56 Å². The monoisotopic (exact) mass is 210 g/mol. The summed E-state index contributed by atoms with van der Waals surface area (Å²) in [7, 11) is 0. The molecule has 0 radical (unpaired) electrons. The van der Waals surface area contributed by atoms with Crippen molar-refractivity contribution in [1.82, 2.24) is 0 Å². The quantitative estimate of drug-likeness (QED) is 0.334. The van der Waals surface area contributed by atoms with Crippen LogP contribution in [0.25, 0.3) is 10.4 Å². The van der Waals surface area contributed by atoms with Crippen LogP contribution >= 0.6 is 12.6 Å². The number of rotatable bonds is 2. The molecule has 0 atom stereocenters. The summed E-state index contributed by atoms with van der Waals surface area (Å²) in [5, 5.41) is 2.78. The second-order valence-electron chi connectivity index (χ2n) is 2.21. The van der Waals surface area contributed by atoms with Crippen molar-refractivity contribution in [2.75, 3.05) is 0 Å². The topological polar surface area (TPSA) is 91.9 Å². The third-order valence-electron chi connectivity index (χ3n) is 1.16. The van der Waals surface area contributed by atoms with Crippen molar-refractivity contribution < 1.29 is 4.79 Å². The van der Waals surface area contributed by atoms with Gasteiger partial charge in [0, 0.05) is 4.91 Å². The summed E-state index contributed by atoms with van der Waals surface area (Å²) in [6, 6.07) is 9.62. The molecule has 1 amide bonds. The van der Waals surface area contributed by atoms with Crippen LogP contribution in [0.3, 0.4) is 0 Å². The van der Waals surface area contributed by atoms with Gasteiger partial charge in [0.25, 0.3) is 5.24 Å². The number of benzene rings is 1. The van der Waals surface area contributed by atoms with Crippen LogP contribution < -0.4 is 5.73 Å². The highest BCUT2D eigenvalue weighted by Crippen LogP contribution is 1.99. The van der Waals surface area contributed by atoms with E-state index in [-0.39, 0.29) is 0 Å². The number of hydrogen-bond acceptors (Lipinski definition) is 2. The Balaban J connectivity index is 0.000000364. The first-order valence-electron chi connectivity index (χ1n) is 3.70. The molecule has 0 heterocycles. The van der Waals surface area contributed by atoms with E-state index in [1.807, 2.05) is 30.3 Å². The third kappa shape index (κ3) is 8.45. The Morgan fingerprint density at radius 2 is 2.00 bits per heavy atom. The summed E-state index contributed by atoms with van der Waals surface area (Å²) >= 11 is 3.10. The molecule has 14 heavy (non-hydrogen) atoms. The van der Waals surface area contributed by atoms with Crippen LogP contribution in [0, 0.1) is 0 Å². The first-order valence-corrected chi connectivity index (χ1v) is 4.14. The van der Waals surface area contributed by atoms with Gasteiger partial charge in [0.05, 0.1) is 6.54 Å². The van der Waals surface area contributed by atoms with Crippen molar-refractivity contribution in [3.63, 3.8) is 0 Å². The van der Waals surface area contributed by atoms with Gasteiger partial charge in [-0.3, -0.25) is 4.79 Å². The molecular formula is C8H10N4OS. The number of thiol groups is 1. The third-order valence-corrected chi connectivity index (χ3v) is 1.16. The van der Waals surface area contributed by atoms with Crippen molar-refractivity contribution in [1.29, 1.82) is 0 Å². The number of amides is 1. The molecule has 5 nitrogen and oxygen atoms in total. The highest BCUT2D eigenvalue weighted by Gasteiger charge is 1.83. The van der Waals surface area contributed by atoms with E-state index in [2.05, 4.69) is 28.4 Å². The van der Waals surface area contributed by atoms with Gasteiger partial charge < -0.3 is 5.73 Å². The Bertz CT molecular complexity index is 317. The van der Waals surface area contributed by atoms with Crippen molar-refractivity contribution >= 4 is 17.9 Å². The molecule has 0 spiro atoms. The van der Waals surface area contributed by atoms with Crippen LogP contribution in [0.15, 0.2) is 35.4 Å². The smallest absolute Gasteiger partial charge is 0.273 e. The second kappa shape index (κ2) is 7.97. The number of hydrogen-bond donors (Lipinski definition) is 2. The Labute approximate surface area is 87.0 Å². The van der Waals surface area contributed by atoms with Gasteiger partial charge in [-0.25, -0.2) is 0 Å². The molecule has 0 unspecified atom stereocenters. The van der Waals surface area contributed by atoms with Crippen molar-refractivity contribution in [3.05, 3.63) is 46.3 Å². The predicted molar refractivity (Wildman–Crippen MR) is 57.9 cm³/mol. The standard InChI is InChI=1S/C7H7N3.CH3NOS/c8-10-9-6-7-4-2-1-3-5-7;2-1(3)4/h1-5H,6H2;(H3,2,3,4). The minimum atomic E-state index is -0.639. The predicted octanol–water partition coefficient (Wildman–Crippen LogP) is 2.49. The Morgan fingerprint density at radius 3 is 2.43 bits per heavy atom. The average molecular weight is 210 g/mol. The Morgan fingerprint density at radius 1 is 1.50 bits per heavy atom. The summed E-state index contributed by atoms with van der Waals surface area (Å²) in [5.74, 6) is 0. The lowest BCUT2D eigenvalue weighted by atomic mass is 10.2. The summed E-state index contributed by atoms with van der Waals surface area (Å²) in [6.45, 7) is 0.442. The van der Waals surface area contributed by atoms with Crippen molar-refractivity contribution in [2.24, 2.45) is 10.8 Å². The molecule has 0 fully saturated rings. The van der Waals surface area contributed by atoms with Gasteiger partial charge in [-0.15, -0.1) is 0 Å². The molecule has 2 N–H and O–H groups in total.